The third-order valence-corrected chi connectivity index (χ3v) is 2.37. The Kier molecular flexibility index (Phi) is 5.32. The van der Waals surface area contributed by atoms with Gasteiger partial charge in [-0.3, -0.25) is 4.79 Å². The lowest BCUT2D eigenvalue weighted by molar-refractivity contribution is -0.253. The van der Waals surface area contributed by atoms with Crippen molar-refractivity contribution in [2.75, 3.05) is 7.11 Å². The molecular weight excluding hydrogens is 282 g/mol. The van der Waals surface area contributed by atoms with Crippen LogP contribution in [0.4, 0.5) is 17.6 Å². The number of carbonyl (C=O) groups is 1. The average molecular weight is 295 g/mol. The van der Waals surface area contributed by atoms with Gasteiger partial charge in [-0.1, -0.05) is 12.1 Å². The predicted molar refractivity (Wildman–Crippen MR) is 61.7 cm³/mol. The number of hydrogen-bond donors (Lipinski definition) is 1. The second-order valence-corrected chi connectivity index (χ2v) is 3.95. The second kappa shape index (κ2) is 6.56. The summed E-state index contributed by atoms with van der Waals surface area (Å²) in [5, 5.41) is 0. The van der Waals surface area contributed by atoms with E-state index in [1.165, 1.54) is 12.1 Å². The molecular formula is C12H13F4NO3. The van der Waals surface area contributed by atoms with Gasteiger partial charge in [-0.05, 0) is 24.1 Å². The minimum Gasteiger partial charge on any atom is -0.468 e. The molecule has 0 aliphatic rings. The summed E-state index contributed by atoms with van der Waals surface area (Å²) >= 11 is 0. The van der Waals surface area contributed by atoms with E-state index in [0.29, 0.717) is 5.56 Å². The minimum atomic E-state index is -4.58. The van der Waals surface area contributed by atoms with Crippen LogP contribution in [0.2, 0.25) is 0 Å². The number of halogens is 4. The summed E-state index contributed by atoms with van der Waals surface area (Å²) in [5.41, 5.74) is 5.88. The summed E-state index contributed by atoms with van der Waals surface area (Å²) in [6.07, 6.45) is -8.52. The van der Waals surface area contributed by atoms with Gasteiger partial charge in [0, 0.05) is 0 Å². The highest BCUT2D eigenvalue weighted by Gasteiger charge is 2.43. The molecule has 112 valence electrons. The highest BCUT2D eigenvalue weighted by atomic mass is 19.3. The molecule has 20 heavy (non-hydrogen) atoms. The Morgan fingerprint density at radius 3 is 2.60 bits per heavy atom. The summed E-state index contributed by atoms with van der Waals surface area (Å²) in [4.78, 5) is 11.1. The average Bonchev–Trinajstić information content (AvgIpc) is 2.37. The van der Waals surface area contributed by atoms with Crippen LogP contribution in [0.5, 0.6) is 5.75 Å². The molecule has 0 amide bonds. The molecule has 0 spiro atoms. The van der Waals surface area contributed by atoms with Crippen molar-refractivity contribution in [1.82, 2.24) is 0 Å². The molecule has 0 aromatic heterocycles. The molecule has 0 bridgehead atoms. The summed E-state index contributed by atoms with van der Waals surface area (Å²) in [6.45, 7) is 0. The van der Waals surface area contributed by atoms with Crippen LogP contribution in [0.15, 0.2) is 24.3 Å². The van der Waals surface area contributed by atoms with Crippen LogP contribution in [0.25, 0.3) is 0 Å². The number of hydrogen-bond acceptors (Lipinski definition) is 4. The molecule has 1 atom stereocenters. The first-order valence-corrected chi connectivity index (χ1v) is 5.53. The lowest BCUT2D eigenvalue weighted by Crippen LogP contribution is -2.34. The van der Waals surface area contributed by atoms with Crippen LogP contribution < -0.4 is 10.5 Å². The topological polar surface area (TPSA) is 61.5 Å². The fourth-order valence-electron chi connectivity index (χ4n) is 1.43. The van der Waals surface area contributed by atoms with E-state index < -0.39 is 30.3 Å². The van der Waals surface area contributed by atoms with Crippen LogP contribution >= 0.6 is 0 Å². The van der Waals surface area contributed by atoms with E-state index >= 15 is 0 Å². The first-order chi connectivity index (χ1) is 9.26. The summed E-state index contributed by atoms with van der Waals surface area (Å²) in [5.74, 6) is -1.11. The van der Waals surface area contributed by atoms with Gasteiger partial charge < -0.3 is 15.2 Å². The largest absolute Gasteiger partial charge is 0.468 e. The van der Waals surface area contributed by atoms with E-state index in [-0.39, 0.29) is 6.42 Å². The molecule has 8 heteroatoms. The van der Waals surface area contributed by atoms with Gasteiger partial charge in [0.25, 0.3) is 0 Å². The molecule has 1 aromatic rings. The second-order valence-electron chi connectivity index (χ2n) is 3.95. The Balaban J connectivity index is 2.78. The van der Waals surface area contributed by atoms with Gasteiger partial charge in [-0.2, -0.15) is 17.6 Å². The lowest BCUT2D eigenvalue weighted by Gasteiger charge is -2.17. The molecule has 0 saturated carbocycles. The zero-order valence-electron chi connectivity index (χ0n) is 10.5. The van der Waals surface area contributed by atoms with Crippen molar-refractivity contribution in [1.29, 1.82) is 0 Å². The quantitative estimate of drug-likeness (QED) is 0.644. The van der Waals surface area contributed by atoms with Crippen molar-refractivity contribution in [3.05, 3.63) is 29.8 Å². The normalized spacial score (nSPS) is 13.2. The molecule has 0 heterocycles. The minimum absolute atomic E-state index is 0.00409. The maximum Gasteiger partial charge on any atom is 0.461 e. The number of benzene rings is 1. The molecule has 0 saturated heterocycles. The zero-order chi connectivity index (χ0) is 15.3. The number of alkyl halides is 4. The van der Waals surface area contributed by atoms with Gasteiger partial charge in [-0.25, -0.2) is 0 Å². The van der Waals surface area contributed by atoms with Crippen molar-refractivity contribution in [2.24, 2.45) is 5.73 Å². The van der Waals surface area contributed by atoms with Crippen molar-refractivity contribution >= 4 is 5.97 Å². The number of esters is 1. The van der Waals surface area contributed by atoms with Crippen LogP contribution in [0.1, 0.15) is 5.56 Å². The number of carbonyl (C=O) groups excluding carboxylic acids is 1. The fourth-order valence-corrected chi connectivity index (χ4v) is 1.43. The first kappa shape index (κ1) is 16.2. The third-order valence-electron chi connectivity index (χ3n) is 2.37. The van der Waals surface area contributed by atoms with Crippen LogP contribution in [-0.2, 0) is 16.0 Å². The zero-order valence-corrected chi connectivity index (χ0v) is 10.5. The SMILES string of the molecule is COC(=O)[C@@H](N)Cc1cccc(OC(F)(F)C(F)F)c1. The van der Waals surface area contributed by atoms with Crippen LogP contribution in [0, 0.1) is 0 Å². The monoisotopic (exact) mass is 295 g/mol. The molecule has 2 N–H and O–H groups in total. The van der Waals surface area contributed by atoms with Crippen molar-refractivity contribution in [2.45, 2.75) is 25.0 Å². The molecule has 1 rings (SSSR count). The molecule has 0 unspecified atom stereocenters. The van der Waals surface area contributed by atoms with Crippen LogP contribution in [-0.4, -0.2) is 31.7 Å². The maximum atomic E-state index is 12.7. The standard InChI is InChI=1S/C12H13F4NO3/c1-19-10(18)9(17)6-7-3-2-4-8(5-7)20-12(15,16)11(13)14/h2-5,9,11H,6,17H2,1H3/t9-/m0/s1. The van der Waals surface area contributed by atoms with Crippen molar-refractivity contribution in [3.63, 3.8) is 0 Å². The number of methoxy groups -OCH3 is 1. The number of ether oxygens (including phenoxy) is 2. The highest BCUT2D eigenvalue weighted by molar-refractivity contribution is 5.75. The van der Waals surface area contributed by atoms with E-state index in [2.05, 4.69) is 9.47 Å². The Hall–Kier alpha value is -1.83. The van der Waals surface area contributed by atoms with Gasteiger partial charge in [0.1, 0.15) is 11.8 Å². The summed E-state index contributed by atoms with van der Waals surface area (Å²) in [7, 11) is 1.16. The van der Waals surface area contributed by atoms with E-state index in [1.54, 1.807) is 0 Å². The molecule has 0 aliphatic heterocycles. The molecule has 0 aliphatic carbocycles. The van der Waals surface area contributed by atoms with Gasteiger partial charge in [0.05, 0.1) is 7.11 Å². The predicted octanol–water partition coefficient (Wildman–Crippen LogP) is 1.97. The third kappa shape index (κ3) is 4.37. The molecule has 1 aromatic carbocycles. The van der Waals surface area contributed by atoms with Gasteiger partial charge in [-0.15, -0.1) is 0 Å². The molecule has 4 nitrogen and oxygen atoms in total. The first-order valence-electron chi connectivity index (χ1n) is 5.53. The number of nitrogens with two attached hydrogens (primary N) is 1. The van der Waals surface area contributed by atoms with E-state index in [4.69, 9.17) is 5.73 Å². The number of rotatable bonds is 6. The Morgan fingerprint density at radius 2 is 2.05 bits per heavy atom. The summed E-state index contributed by atoms with van der Waals surface area (Å²) in [6, 6.07) is 4.06. The van der Waals surface area contributed by atoms with Gasteiger partial charge >= 0.3 is 18.5 Å². The van der Waals surface area contributed by atoms with Crippen molar-refractivity contribution in [3.8, 4) is 5.75 Å². The Bertz CT molecular complexity index is 468. The lowest BCUT2D eigenvalue weighted by atomic mass is 10.1. The Labute approximate surface area is 112 Å². The maximum absolute atomic E-state index is 12.7. The van der Waals surface area contributed by atoms with Crippen LogP contribution in [0.3, 0.4) is 0 Å². The van der Waals surface area contributed by atoms with E-state index in [9.17, 15) is 22.4 Å². The van der Waals surface area contributed by atoms with Gasteiger partial charge in [0.2, 0.25) is 0 Å². The van der Waals surface area contributed by atoms with E-state index in [0.717, 1.165) is 19.2 Å². The smallest absolute Gasteiger partial charge is 0.461 e. The molecule has 0 radical (unpaired) electrons. The summed E-state index contributed by atoms with van der Waals surface area (Å²) < 4.78 is 57.8. The fraction of sp³-hybridized carbons (Fsp3) is 0.417. The highest BCUT2D eigenvalue weighted by Crippen LogP contribution is 2.28. The molecule has 0 fully saturated rings. The van der Waals surface area contributed by atoms with Gasteiger partial charge in [0.15, 0.2) is 0 Å². The Morgan fingerprint density at radius 1 is 1.40 bits per heavy atom. The van der Waals surface area contributed by atoms with E-state index in [1.807, 2.05) is 0 Å². The van der Waals surface area contributed by atoms with Crippen molar-refractivity contribution < 1.29 is 31.8 Å².